The molecular formula is C17H26N6O2S. The summed E-state index contributed by atoms with van der Waals surface area (Å²) in [6, 6.07) is 0.605. The molecule has 2 aromatic rings. The zero-order chi connectivity index (χ0) is 18.5. The smallest absolute Gasteiger partial charge is 0.263 e. The van der Waals surface area contributed by atoms with E-state index >= 15 is 0 Å². The summed E-state index contributed by atoms with van der Waals surface area (Å²) in [5, 5.41) is 7.37. The van der Waals surface area contributed by atoms with Crippen LogP contribution >= 0.6 is 11.3 Å². The van der Waals surface area contributed by atoms with E-state index in [0.29, 0.717) is 35.8 Å². The first-order chi connectivity index (χ1) is 12.6. The highest BCUT2D eigenvalue weighted by atomic mass is 32.1. The van der Waals surface area contributed by atoms with Gasteiger partial charge in [-0.05, 0) is 33.2 Å². The molecule has 1 N–H and O–H groups in total. The van der Waals surface area contributed by atoms with E-state index in [1.54, 1.807) is 18.9 Å². The average molecular weight is 379 g/mol. The van der Waals surface area contributed by atoms with E-state index < -0.39 is 0 Å². The Kier molecular flexibility index (Phi) is 6.33. The average Bonchev–Trinajstić information content (AvgIpc) is 3.34. The minimum atomic E-state index is -0.0725. The van der Waals surface area contributed by atoms with Gasteiger partial charge >= 0.3 is 0 Å². The third-order valence-corrected chi connectivity index (χ3v) is 5.47. The van der Waals surface area contributed by atoms with Crippen LogP contribution in [-0.2, 0) is 17.9 Å². The molecule has 0 aliphatic carbocycles. The molecule has 1 amide bonds. The van der Waals surface area contributed by atoms with Crippen molar-refractivity contribution in [2.45, 2.75) is 51.9 Å². The first-order valence-corrected chi connectivity index (χ1v) is 9.80. The van der Waals surface area contributed by atoms with E-state index in [1.807, 2.05) is 4.68 Å². The minimum Gasteiger partial charge on any atom is -0.378 e. The Morgan fingerprint density at radius 2 is 2.31 bits per heavy atom. The van der Waals surface area contributed by atoms with Gasteiger partial charge in [0.2, 0.25) is 0 Å². The van der Waals surface area contributed by atoms with Gasteiger partial charge in [-0.25, -0.2) is 14.6 Å². The lowest BCUT2D eigenvalue weighted by Crippen LogP contribution is -2.40. The molecule has 1 unspecified atom stereocenters. The van der Waals surface area contributed by atoms with Crippen molar-refractivity contribution >= 4 is 17.2 Å². The van der Waals surface area contributed by atoms with Gasteiger partial charge in [0.25, 0.3) is 5.91 Å². The minimum absolute atomic E-state index is 0.0725. The Hall–Kier alpha value is -1.84. The van der Waals surface area contributed by atoms with Gasteiger partial charge in [-0.15, -0.1) is 11.3 Å². The number of likely N-dealkylation sites (tertiary alicyclic amines) is 1. The van der Waals surface area contributed by atoms with Gasteiger partial charge in [-0.1, -0.05) is 0 Å². The van der Waals surface area contributed by atoms with E-state index in [0.717, 1.165) is 31.8 Å². The molecule has 1 aliphatic rings. The van der Waals surface area contributed by atoms with Crippen LogP contribution in [0.1, 0.15) is 53.9 Å². The summed E-state index contributed by atoms with van der Waals surface area (Å²) in [6.07, 6.45) is 3.82. The Labute approximate surface area is 157 Å². The maximum absolute atomic E-state index is 12.5. The molecule has 2 aromatic heterocycles. The van der Waals surface area contributed by atoms with Gasteiger partial charge in [0.15, 0.2) is 0 Å². The van der Waals surface area contributed by atoms with Crippen molar-refractivity contribution in [3.63, 3.8) is 0 Å². The van der Waals surface area contributed by atoms with Crippen LogP contribution in [-0.4, -0.2) is 56.8 Å². The zero-order valence-corrected chi connectivity index (χ0v) is 16.3. The largest absolute Gasteiger partial charge is 0.378 e. The van der Waals surface area contributed by atoms with Crippen LogP contribution in [0.5, 0.6) is 0 Å². The number of aromatic nitrogens is 4. The molecule has 0 radical (unpaired) electrons. The molecule has 142 valence electrons. The molecule has 0 saturated carbocycles. The summed E-state index contributed by atoms with van der Waals surface area (Å²) in [5.41, 5.74) is 2.38. The predicted octanol–water partition coefficient (Wildman–Crippen LogP) is 1.86. The standard InChI is InChI=1S/C17H26N6O2S/c1-12(2)23-15(19-10-21-23)8-22-6-4-5-13(22)7-18-17(24)16-14(9-25-3)20-11-26-16/h10-13H,4-9H2,1-3H3,(H,18,24). The van der Waals surface area contributed by atoms with Gasteiger partial charge in [-0.2, -0.15) is 5.10 Å². The highest BCUT2D eigenvalue weighted by Crippen LogP contribution is 2.20. The van der Waals surface area contributed by atoms with Crippen molar-refractivity contribution in [3.8, 4) is 0 Å². The van der Waals surface area contributed by atoms with Crippen molar-refractivity contribution in [2.75, 3.05) is 20.2 Å². The fourth-order valence-corrected chi connectivity index (χ4v) is 4.03. The monoisotopic (exact) mass is 378 g/mol. The Bertz CT molecular complexity index is 728. The SMILES string of the molecule is COCc1ncsc1C(=O)NCC1CCCN1Cc1ncnn1C(C)C. The van der Waals surface area contributed by atoms with E-state index in [2.05, 4.69) is 39.1 Å². The third-order valence-electron chi connectivity index (χ3n) is 4.61. The second kappa shape index (κ2) is 8.70. The Balaban J connectivity index is 1.58. The summed E-state index contributed by atoms with van der Waals surface area (Å²) >= 11 is 1.35. The Morgan fingerprint density at radius 3 is 3.08 bits per heavy atom. The van der Waals surface area contributed by atoms with E-state index in [1.165, 1.54) is 11.3 Å². The van der Waals surface area contributed by atoms with Crippen molar-refractivity contribution < 1.29 is 9.53 Å². The van der Waals surface area contributed by atoms with Crippen LogP contribution in [0, 0.1) is 0 Å². The number of nitrogens with zero attached hydrogens (tertiary/aromatic N) is 5. The number of methoxy groups -OCH3 is 1. The quantitative estimate of drug-likeness (QED) is 0.755. The van der Waals surface area contributed by atoms with Crippen molar-refractivity contribution in [3.05, 3.63) is 28.2 Å². The number of rotatable bonds is 8. The molecule has 3 rings (SSSR count). The number of hydrogen-bond donors (Lipinski definition) is 1. The molecule has 8 nitrogen and oxygen atoms in total. The van der Waals surface area contributed by atoms with Crippen LogP contribution in [0.15, 0.2) is 11.8 Å². The molecule has 1 fully saturated rings. The molecule has 1 aliphatic heterocycles. The number of carbonyl (C=O) groups is 1. The highest BCUT2D eigenvalue weighted by molar-refractivity contribution is 7.11. The van der Waals surface area contributed by atoms with Crippen molar-refractivity contribution in [1.29, 1.82) is 0 Å². The van der Waals surface area contributed by atoms with Crippen LogP contribution in [0.25, 0.3) is 0 Å². The fraction of sp³-hybridized carbons (Fsp3) is 0.647. The number of carbonyl (C=O) groups excluding carboxylic acids is 1. The topological polar surface area (TPSA) is 85.2 Å². The van der Waals surface area contributed by atoms with Crippen molar-refractivity contribution in [2.24, 2.45) is 0 Å². The summed E-state index contributed by atoms with van der Waals surface area (Å²) in [5.74, 6) is 0.903. The lowest BCUT2D eigenvalue weighted by molar-refractivity contribution is 0.0938. The van der Waals surface area contributed by atoms with Gasteiger partial charge < -0.3 is 10.1 Å². The molecule has 9 heteroatoms. The number of nitrogens with one attached hydrogen (secondary N) is 1. The molecule has 0 aromatic carbocycles. The number of ether oxygens (including phenoxy) is 1. The highest BCUT2D eigenvalue weighted by Gasteiger charge is 2.27. The fourth-order valence-electron chi connectivity index (χ4n) is 3.32. The Morgan fingerprint density at radius 1 is 1.46 bits per heavy atom. The molecule has 26 heavy (non-hydrogen) atoms. The first-order valence-electron chi connectivity index (χ1n) is 8.92. The number of thiazole rings is 1. The first kappa shape index (κ1) is 18.9. The zero-order valence-electron chi connectivity index (χ0n) is 15.5. The lowest BCUT2D eigenvalue weighted by Gasteiger charge is -2.24. The van der Waals surface area contributed by atoms with Gasteiger partial charge in [-0.3, -0.25) is 9.69 Å². The van der Waals surface area contributed by atoms with E-state index in [4.69, 9.17) is 4.74 Å². The maximum Gasteiger partial charge on any atom is 0.263 e. The normalized spacial score (nSPS) is 17.9. The van der Waals surface area contributed by atoms with Crippen LogP contribution in [0.3, 0.4) is 0 Å². The summed E-state index contributed by atoms with van der Waals surface area (Å²) < 4.78 is 7.06. The number of amides is 1. The number of hydrogen-bond acceptors (Lipinski definition) is 7. The molecule has 1 saturated heterocycles. The third kappa shape index (κ3) is 4.28. The molecule has 0 spiro atoms. The summed E-state index contributed by atoms with van der Waals surface area (Å²) in [4.78, 5) is 24.1. The van der Waals surface area contributed by atoms with Crippen LogP contribution < -0.4 is 5.32 Å². The van der Waals surface area contributed by atoms with E-state index in [9.17, 15) is 4.79 Å². The maximum atomic E-state index is 12.5. The second-order valence-electron chi connectivity index (χ2n) is 6.75. The van der Waals surface area contributed by atoms with E-state index in [-0.39, 0.29) is 5.91 Å². The summed E-state index contributed by atoms with van der Waals surface area (Å²) in [7, 11) is 1.60. The second-order valence-corrected chi connectivity index (χ2v) is 7.61. The van der Waals surface area contributed by atoms with Gasteiger partial charge in [0.05, 0.1) is 24.4 Å². The molecule has 0 bridgehead atoms. The molecule has 1 atom stereocenters. The molecule has 3 heterocycles. The molecular weight excluding hydrogens is 352 g/mol. The van der Waals surface area contributed by atoms with Crippen LogP contribution in [0.4, 0.5) is 0 Å². The predicted molar refractivity (Wildman–Crippen MR) is 99.0 cm³/mol. The van der Waals surface area contributed by atoms with Gasteiger partial charge in [0, 0.05) is 25.7 Å². The van der Waals surface area contributed by atoms with Crippen LogP contribution in [0.2, 0.25) is 0 Å². The van der Waals surface area contributed by atoms with Gasteiger partial charge in [0.1, 0.15) is 17.0 Å². The summed E-state index contributed by atoms with van der Waals surface area (Å²) in [6.45, 7) is 6.96. The van der Waals surface area contributed by atoms with Crippen molar-refractivity contribution in [1.82, 2.24) is 30.0 Å². The lowest BCUT2D eigenvalue weighted by atomic mass is 10.2.